The summed E-state index contributed by atoms with van der Waals surface area (Å²) in [7, 11) is 1.79. The Hall–Kier alpha value is -1.55. The van der Waals surface area contributed by atoms with Crippen LogP contribution in [0.3, 0.4) is 0 Å². The minimum atomic E-state index is -0.117. The lowest BCUT2D eigenvalue weighted by molar-refractivity contribution is 0.0785. The van der Waals surface area contributed by atoms with Gasteiger partial charge in [0, 0.05) is 19.6 Å². The molecule has 1 aromatic carbocycles. The number of para-hydroxylation sites is 1. The molecule has 0 bridgehead atoms. The highest BCUT2D eigenvalue weighted by molar-refractivity contribution is 5.96. The number of rotatable bonds is 4. The van der Waals surface area contributed by atoms with Gasteiger partial charge in [0.05, 0.1) is 5.56 Å². The third-order valence-corrected chi connectivity index (χ3v) is 3.71. The first kappa shape index (κ1) is 13.9. The van der Waals surface area contributed by atoms with Crippen LogP contribution in [0.2, 0.25) is 0 Å². The van der Waals surface area contributed by atoms with E-state index in [1.54, 1.807) is 36.2 Å². The summed E-state index contributed by atoms with van der Waals surface area (Å²) in [4.78, 5) is 13.9. The van der Waals surface area contributed by atoms with Gasteiger partial charge in [-0.15, -0.1) is 0 Å². The van der Waals surface area contributed by atoms with E-state index in [4.69, 9.17) is 0 Å². The third-order valence-electron chi connectivity index (χ3n) is 3.71. The molecule has 19 heavy (non-hydrogen) atoms. The topological polar surface area (TPSA) is 52.6 Å². The second kappa shape index (κ2) is 6.57. The second-order valence-corrected chi connectivity index (χ2v) is 5.18. The molecule has 104 valence electrons. The Balaban J connectivity index is 1.87. The molecule has 1 saturated heterocycles. The number of carbonyl (C=O) groups is 1. The summed E-state index contributed by atoms with van der Waals surface area (Å²) in [6.45, 7) is 1.80. The fraction of sp³-hybridized carbons (Fsp3) is 0.533. The lowest BCUT2D eigenvalue weighted by Crippen LogP contribution is -2.38. The molecule has 0 radical (unpaired) electrons. The highest BCUT2D eigenvalue weighted by Gasteiger charge is 2.17. The van der Waals surface area contributed by atoms with Crippen molar-refractivity contribution in [2.45, 2.75) is 31.7 Å². The maximum absolute atomic E-state index is 12.2. The van der Waals surface area contributed by atoms with Crippen LogP contribution >= 0.6 is 0 Å². The van der Waals surface area contributed by atoms with E-state index in [-0.39, 0.29) is 11.7 Å². The maximum Gasteiger partial charge on any atom is 0.257 e. The van der Waals surface area contributed by atoms with Crippen LogP contribution in [0.4, 0.5) is 0 Å². The molecule has 4 nitrogen and oxygen atoms in total. The van der Waals surface area contributed by atoms with Crippen LogP contribution < -0.4 is 5.32 Å². The number of nitrogens with zero attached hydrogens (tertiary/aromatic N) is 1. The number of hydrogen-bond donors (Lipinski definition) is 2. The number of phenolic OH excluding ortho intramolecular Hbond substituents is 1. The van der Waals surface area contributed by atoms with Gasteiger partial charge in [-0.25, -0.2) is 0 Å². The van der Waals surface area contributed by atoms with Gasteiger partial charge < -0.3 is 15.3 Å². The zero-order chi connectivity index (χ0) is 13.7. The van der Waals surface area contributed by atoms with Gasteiger partial charge in [-0.3, -0.25) is 4.79 Å². The van der Waals surface area contributed by atoms with Crippen LogP contribution in [0.25, 0.3) is 0 Å². The Morgan fingerprint density at radius 3 is 2.89 bits per heavy atom. The smallest absolute Gasteiger partial charge is 0.257 e. The Labute approximate surface area is 114 Å². The molecule has 0 spiro atoms. The van der Waals surface area contributed by atoms with E-state index in [9.17, 15) is 9.90 Å². The molecule has 2 N–H and O–H groups in total. The number of phenols is 1. The van der Waals surface area contributed by atoms with Gasteiger partial charge in [0.2, 0.25) is 0 Å². The highest BCUT2D eigenvalue weighted by Crippen LogP contribution is 2.18. The van der Waals surface area contributed by atoms with Crippen molar-refractivity contribution in [1.29, 1.82) is 0 Å². The second-order valence-electron chi connectivity index (χ2n) is 5.18. The first-order valence-corrected chi connectivity index (χ1v) is 6.95. The minimum Gasteiger partial charge on any atom is -0.507 e. The summed E-state index contributed by atoms with van der Waals surface area (Å²) >= 11 is 0. The normalized spacial score (nSPS) is 19.1. The van der Waals surface area contributed by atoms with Crippen LogP contribution in [0.1, 0.15) is 36.0 Å². The van der Waals surface area contributed by atoms with E-state index in [1.165, 1.54) is 19.3 Å². The number of carbonyl (C=O) groups excluding carboxylic acids is 1. The minimum absolute atomic E-state index is 0.0511. The molecule has 1 aromatic rings. The largest absolute Gasteiger partial charge is 0.507 e. The van der Waals surface area contributed by atoms with Crippen molar-refractivity contribution in [3.63, 3.8) is 0 Å². The van der Waals surface area contributed by atoms with Crippen LogP contribution in [0, 0.1) is 0 Å². The van der Waals surface area contributed by atoms with Gasteiger partial charge >= 0.3 is 0 Å². The van der Waals surface area contributed by atoms with Gasteiger partial charge in [-0.1, -0.05) is 18.6 Å². The van der Waals surface area contributed by atoms with Crippen molar-refractivity contribution >= 4 is 5.91 Å². The molecule has 1 heterocycles. The van der Waals surface area contributed by atoms with Gasteiger partial charge in [0.15, 0.2) is 0 Å². The van der Waals surface area contributed by atoms with Crippen molar-refractivity contribution in [3.05, 3.63) is 29.8 Å². The summed E-state index contributed by atoms with van der Waals surface area (Å²) < 4.78 is 0. The Kier molecular flexibility index (Phi) is 4.80. The van der Waals surface area contributed by atoms with Crippen molar-refractivity contribution in [3.8, 4) is 5.75 Å². The molecule has 1 atom stereocenters. The van der Waals surface area contributed by atoms with Gasteiger partial charge in [-0.05, 0) is 37.9 Å². The number of piperidine rings is 1. The average molecular weight is 262 g/mol. The molecular weight excluding hydrogens is 240 g/mol. The van der Waals surface area contributed by atoms with Crippen LogP contribution in [-0.2, 0) is 0 Å². The third kappa shape index (κ3) is 3.70. The molecule has 0 aliphatic carbocycles. The fourth-order valence-corrected chi connectivity index (χ4v) is 2.48. The SMILES string of the molecule is CN(CCC1CCCCN1)C(=O)c1ccccc1O. The maximum atomic E-state index is 12.2. The first-order valence-electron chi connectivity index (χ1n) is 6.95. The molecule has 1 unspecified atom stereocenters. The molecule has 4 heteroatoms. The summed E-state index contributed by atoms with van der Waals surface area (Å²) in [5.74, 6) is -0.0657. The molecule has 1 fully saturated rings. The molecule has 1 aliphatic rings. The van der Waals surface area contributed by atoms with E-state index < -0.39 is 0 Å². The van der Waals surface area contributed by atoms with E-state index >= 15 is 0 Å². The molecule has 1 aliphatic heterocycles. The Bertz CT molecular complexity index is 428. The number of benzene rings is 1. The van der Waals surface area contributed by atoms with Gasteiger partial charge in [0.25, 0.3) is 5.91 Å². The zero-order valence-corrected chi connectivity index (χ0v) is 11.4. The predicted octanol–water partition coefficient (Wildman–Crippen LogP) is 2.00. The molecule has 2 rings (SSSR count). The van der Waals surface area contributed by atoms with Crippen LogP contribution in [0.5, 0.6) is 5.75 Å². The Morgan fingerprint density at radius 2 is 2.21 bits per heavy atom. The number of nitrogens with one attached hydrogen (secondary N) is 1. The van der Waals surface area contributed by atoms with Gasteiger partial charge in [-0.2, -0.15) is 0 Å². The molecule has 0 saturated carbocycles. The quantitative estimate of drug-likeness (QED) is 0.872. The van der Waals surface area contributed by atoms with Crippen LogP contribution in [0.15, 0.2) is 24.3 Å². The lowest BCUT2D eigenvalue weighted by Gasteiger charge is -2.26. The number of amides is 1. The zero-order valence-electron chi connectivity index (χ0n) is 11.4. The fourth-order valence-electron chi connectivity index (χ4n) is 2.48. The highest BCUT2D eigenvalue weighted by atomic mass is 16.3. The predicted molar refractivity (Wildman–Crippen MR) is 75.3 cm³/mol. The van der Waals surface area contributed by atoms with E-state index in [0.717, 1.165) is 13.0 Å². The van der Waals surface area contributed by atoms with Gasteiger partial charge in [0.1, 0.15) is 5.75 Å². The van der Waals surface area contributed by atoms with E-state index in [0.29, 0.717) is 18.2 Å². The average Bonchev–Trinajstić information content (AvgIpc) is 2.45. The van der Waals surface area contributed by atoms with Crippen molar-refractivity contribution < 1.29 is 9.90 Å². The molecule has 0 aromatic heterocycles. The van der Waals surface area contributed by atoms with Crippen molar-refractivity contribution in [1.82, 2.24) is 10.2 Å². The monoisotopic (exact) mass is 262 g/mol. The first-order chi connectivity index (χ1) is 9.18. The standard InChI is InChI=1S/C15H22N2O2/c1-17(11-9-12-6-4-5-10-16-12)15(19)13-7-2-3-8-14(13)18/h2-3,7-8,12,16,18H,4-6,9-11H2,1H3. The lowest BCUT2D eigenvalue weighted by atomic mass is 10.0. The summed E-state index contributed by atoms with van der Waals surface area (Å²) in [5, 5.41) is 13.2. The molecular formula is C15H22N2O2. The number of aromatic hydroxyl groups is 1. The summed E-state index contributed by atoms with van der Waals surface area (Å²) in [5.41, 5.74) is 0.376. The summed E-state index contributed by atoms with van der Waals surface area (Å²) in [6, 6.07) is 7.21. The van der Waals surface area contributed by atoms with Crippen molar-refractivity contribution in [2.24, 2.45) is 0 Å². The van der Waals surface area contributed by atoms with E-state index in [2.05, 4.69) is 5.32 Å². The van der Waals surface area contributed by atoms with Crippen LogP contribution in [-0.4, -0.2) is 42.1 Å². The number of hydrogen-bond acceptors (Lipinski definition) is 3. The summed E-state index contributed by atoms with van der Waals surface area (Å²) in [6.07, 6.45) is 4.69. The molecule has 1 amide bonds. The Morgan fingerprint density at radius 1 is 1.42 bits per heavy atom. The van der Waals surface area contributed by atoms with Crippen molar-refractivity contribution in [2.75, 3.05) is 20.1 Å². The van der Waals surface area contributed by atoms with E-state index in [1.807, 2.05) is 0 Å².